The highest BCUT2D eigenvalue weighted by Gasteiger charge is 2.68. The lowest BCUT2D eigenvalue weighted by Gasteiger charge is -2.53. The molecule has 0 radical (unpaired) electrons. The van der Waals surface area contributed by atoms with E-state index in [0.29, 0.717) is 18.9 Å². The Bertz CT molecular complexity index is 830. The summed E-state index contributed by atoms with van der Waals surface area (Å²) in [5, 5.41) is 3.39. The Balaban J connectivity index is 1.64. The van der Waals surface area contributed by atoms with Gasteiger partial charge in [0.05, 0.1) is 13.2 Å². The van der Waals surface area contributed by atoms with Gasteiger partial charge in [-0.1, -0.05) is 26.8 Å². The molecule has 0 unspecified atom stereocenters. The average molecular weight is 438 g/mol. The predicted molar refractivity (Wildman–Crippen MR) is 112 cm³/mol. The van der Waals surface area contributed by atoms with Crippen LogP contribution >= 0.6 is 0 Å². The van der Waals surface area contributed by atoms with Crippen LogP contribution in [-0.4, -0.2) is 32.3 Å². The smallest absolute Gasteiger partial charge is 0.387 e. The molecule has 31 heavy (non-hydrogen) atoms. The summed E-state index contributed by atoms with van der Waals surface area (Å²) < 4.78 is 41.6. The molecule has 172 valence electrons. The summed E-state index contributed by atoms with van der Waals surface area (Å²) in [5.74, 6) is 1.19. The molecule has 1 aromatic rings. The Morgan fingerprint density at radius 3 is 2.77 bits per heavy atom. The third-order valence-electron chi connectivity index (χ3n) is 8.02. The third-order valence-corrected chi connectivity index (χ3v) is 8.02. The maximum atomic E-state index is 12.7. The molecule has 3 aliphatic rings. The maximum absolute atomic E-state index is 12.7. The number of benzene rings is 1. The molecule has 0 aromatic heterocycles. The summed E-state index contributed by atoms with van der Waals surface area (Å²) in [7, 11) is 1.44. The molecule has 1 aromatic carbocycles. The van der Waals surface area contributed by atoms with Crippen molar-refractivity contribution in [3.8, 4) is 11.5 Å². The second-order valence-corrected chi connectivity index (χ2v) is 9.88. The van der Waals surface area contributed by atoms with E-state index in [-0.39, 0.29) is 46.3 Å². The Morgan fingerprint density at radius 2 is 2.10 bits per heavy atom. The first-order chi connectivity index (χ1) is 14.7. The quantitative estimate of drug-likeness (QED) is 0.645. The molecule has 1 heterocycles. The topological polar surface area (TPSA) is 56.8 Å². The summed E-state index contributed by atoms with van der Waals surface area (Å²) >= 11 is 0. The minimum Gasteiger partial charge on any atom is -0.493 e. The summed E-state index contributed by atoms with van der Waals surface area (Å²) in [5.41, 5.74) is 0.937. The van der Waals surface area contributed by atoms with E-state index in [9.17, 15) is 13.6 Å². The van der Waals surface area contributed by atoms with Gasteiger partial charge in [0.15, 0.2) is 11.5 Å². The van der Waals surface area contributed by atoms with Gasteiger partial charge in [0.25, 0.3) is 0 Å². The van der Waals surface area contributed by atoms with Gasteiger partial charge in [-0.3, -0.25) is 4.79 Å². The number of halogens is 2. The minimum absolute atomic E-state index is 0.00807. The van der Waals surface area contributed by atoms with Crippen LogP contribution in [0.5, 0.6) is 11.5 Å². The van der Waals surface area contributed by atoms with E-state index >= 15 is 0 Å². The first-order valence-corrected chi connectivity index (χ1v) is 11.3. The third kappa shape index (κ3) is 3.69. The van der Waals surface area contributed by atoms with Gasteiger partial charge in [0.1, 0.15) is 0 Å². The van der Waals surface area contributed by atoms with Crippen molar-refractivity contribution in [1.82, 2.24) is 5.32 Å². The van der Waals surface area contributed by atoms with Gasteiger partial charge in [-0.15, -0.1) is 0 Å². The number of hydrogen-bond donors (Lipinski definition) is 1. The fourth-order valence-electron chi connectivity index (χ4n) is 6.63. The number of hydrogen-bond acceptors (Lipinski definition) is 4. The molecule has 7 heteroatoms. The van der Waals surface area contributed by atoms with Crippen molar-refractivity contribution in [3.63, 3.8) is 0 Å². The van der Waals surface area contributed by atoms with Crippen LogP contribution in [0.25, 0.3) is 0 Å². The summed E-state index contributed by atoms with van der Waals surface area (Å²) in [6.45, 7) is 4.29. The number of carbonyl (C=O) groups excluding carboxylic acids is 1. The molecule has 2 aliphatic carbocycles. The van der Waals surface area contributed by atoms with Gasteiger partial charge in [-0.25, -0.2) is 0 Å². The largest absolute Gasteiger partial charge is 0.493 e. The molecule has 1 spiro atoms. The monoisotopic (exact) mass is 437 g/mol. The Morgan fingerprint density at radius 1 is 1.32 bits per heavy atom. The summed E-state index contributed by atoms with van der Waals surface area (Å²) in [6.07, 6.45) is 4.27. The molecule has 4 rings (SSSR count). The molecule has 1 amide bonds. The van der Waals surface area contributed by atoms with Crippen LogP contribution < -0.4 is 14.8 Å². The first kappa shape index (κ1) is 22.3. The second-order valence-electron chi connectivity index (χ2n) is 9.88. The zero-order chi connectivity index (χ0) is 22.4. The minimum atomic E-state index is -2.91. The van der Waals surface area contributed by atoms with Crippen LogP contribution in [-0.2, 0) is 9.53 Å². The average Bonchev–Trinajstić information content (AvgIpc) is 3.20. The highest BCUT2D eigenvalue weighted by Crippen LogP contribution is 2.70. The number of carbonyl (C=O) groups is 1. The maximum Gasteiger partial charge on any atom is 0.387 e. The van der Waals surface area contributed by atoms with Crippen molar-refractivity contribution < 1.29 is 27.8 Å². The van der Waals surface area contributed by atoms with Gasteiger partial charge in [-0.2, -0.15) is 8.78 Å². The van der Waals surface area contributed by atoms with Crippen molar-refractivity contribution in [2.45, 2.75) is 71.6 Å². The second kappa shape index (κ2) is 8.23. The van der Waals surface area contributed by atoms with E-state index in [2.05, 4.69) is 23.9 Å². The van der Waals surface area contributed by atoms with Crippen LogP contribution in [0.4, 0.5) is 8.78 Å². The molecule has 2 bridgehead atoms. The first-order valence-electron chi connectivity index (χ1n) is 11.3. The lowest BCUT2D eigenvalue weighted by molar-refractivity contribution is -0.137. The fraction of sp³-hybridized carbons (Fsp3) is 0.708. The molecule has 1 saturated heterocycles. The van der Waals surface area contributed by atoms with Gasteiger partial charge in [-0.05, 0) is 66.0 Å². The number of fused-ring (bicyclic) bond motifs is 1. The molecular weight excluding hydrogens is 404 g/mol. The van der Waals surface area contributed by atoms with Gasteiger partial charge >= 0.3 is 6.61 Å². The van der Waals surface area contributed by atoms with Crippen molar-refractivity contribution in [2.75, 3.05) is 13.7 Å². The van der Waals surface area contributed by atoms with Crippen LogP contribution in [0.3, 0.4) is 0 Å². The van der Waals surface area contributed by atoms with E-state index in [4.69, 9.17) is 9.47 Å². The van der Waals surface area contributed by atoms with Gasteiger partial charge in [0, 0.05) is 19.1 Å². The lowest BCUT2D eigenvalue weighted by atomic mass is 9.59. The Hall–Kier alpha value is -1.89. The number of rotatable bonds is 7. The molecule has 1 N–H and O–H groups in total. The molecule has 5 nitrogen and oxygen atoms in total. The van der Waals surface area contributed by atoms with Gasteiger partial charge < -0.3 is 19.5 Å². The van der Waals surface area contributed by atoms with E-state index < -0.39 is 6.61 Å². The number of alkyl halides is 2. The Kier molecular flexibility index (Phi) is 5.92. The number of methoxy groups -OCH3 is 1. The summed E-state index contributed by atoms with van der Waals surface area (Å²) in [4.78, 5) is 12.6. The van der Waals surface area contributed by atoms with Crippen molar-refractivity contribution in [3.05, 3.63) is 23.8 Å². The van der Waals surface area contributed by atoms with Crippen LogP contribution in [0.1, 0.15) is 64.5 Å². The van der Waals surface area contributed by atoms with Crippen molar-refractivity contribution in [1.29, 1.82) is 0 Å². The normalized spacial score (nSPS) is 33.3. The zero-order valence-corrected chi connectivity index (χ0v) is 18.8. The van der Waals surface area contributed by atoms with Gasteiger partial charge in [0.2, 0.25) is 5.91 Å². The number of amides is 1. The molecule has 5 atom stereocenters. The number of nitrogens with one attached hydrogen (secondary N) is 1. The summed E-state index contributed by atoms with van der Waals surface area (Å²) in [6, 6.07) is 5.19. The standard InChI is InChI=1S/C24H33F2NO4/c1-5-6-19(28)27-21-23(2,3)15-12-16-20(30-10-9-24(16,21)13-15)14-7-8-17(31-22(25)26)18(11-14)29-4/h7-8,11,15-16,20-22H,5-6,9-10,12-13H2,1-4H3,(H,27,28)/t15-,16-,20-,21-,24-/m1/s1. The molecule has 2 saturated carbocycles. The van der Waals surface area contributed by atoms with E-state index in [0.717, 1.165) is 31.2 Å². The highest BCUT2D eigenvalue weighted by molar-refractivity contribution is 5.76. The van der Waals surface area contributed by atoms with Crippen molar-refractivity contribution >= 4 is 5.91 Å². The van der Waals surface area contributed by atoms with Crippen LogP contribution in [0, 0.1) is 22.7 Å². The molecule has 3 fully saturated rings. The number of ether oxygens (including phenoxy) is 3. The van der Waals surface area contributed by atoms with E-state index in [1.807, 2.05) is 6.92 Å². The SMILES string of the molecule is CCCC(=O)N[C@@H]1C(C)(C)[C@@H]2C[C@@H]3[C@@H](c4ccc(OC(F)F)c(OC)c4)OCC[C@@]31C2. The molecular formula is C24H33F2NO4. The zero-order valence-electron chi connectivity index (χ0n) is 18.8. The Labute approximate surface area is 182 Å². The fourth-order valence-corrected chi connectivity index (χ4v) is 6.63. The van der Waals surface area contributed by atoms with Crippen LogP contribution in [0.15, 0.2) is 18.2 Å². The van der Waals surface area contributed by atoms with E-state index in [1.54, 1.807) is 12.1 Å². The predicted octanol–water partition coefficient (Wildman–Crippen LogP) is 5.10. The van der Waals surface area contributed by atoms with Crippen LogP contribution in [0.2, 0.25) is 0 Å². The highest BCUT2D eigenvalue weighted by atomic mass is 19.3. The van der Waals surface area contributed by atoms with Crippen molar-refractivity contribution in [2.24, 2.45) is 22.7 Å². The molecule has 1 aliphatic heterocycles. The van der Waals surface area contributed by atoms with E-state index in [1.165, 1.54) is 13.2 Å². The lowest BCUT2D eigenvalue weighted by Crippen LogP contribution is -2.58.